The van der Waals surface area contributed by atoms with E-state index in [-0.39, 0.29) is 12.1 Å². The Morgan fingerprint density at radius 3 is 2.60 bits per heavy atom. The number of aliphatic hydroxyl groups is 1. The number of hydrogen-bond acceptors (Lipinski definition) is 3. The molecule has 0 atom stereocenters. The van der Waals surface area contributed by atoms with E-state index in [1.165, 1.54) is 0 Å². The first-order valence-electron chi connectivity index (χ1n) is 4.88. The van der Waals surface area contributed by atoms with E-state index in [0.717, 1.165) is 11.3 Å². The summed E-state index contributed by atoms with van der Waals surface area (Å²) >= 11 is 0. The van der Waals surface area contributed by atoms with Crippen LogP contribution in [0.3, 0.4) is 0 Å². The summed E-state index contributed by atoms with van der Waals surface area (Å²) in [5, 5.41) is 21.1. The predicted octanol–water partition coefficient (Wildman–Crippen LogP) is 2.05. The minimum atomic E-state index is -0.348. The quantitative estimate of drug-likeness (QED) is 0.792. The fourth-order valence-corrected chi connectivity index (χ4v) is 1.28. The molecular formula is C12H16N2O. The Hall–Kier alpha value is -1.53. The number of anilines is 1. The smallest absolute Gasteiger partial charge is 0.0991 e. The predicted molar refractivity (Wildman–Crippen MR) is 60.7 cm³/mol. The second-order valence-electron chi connectivity index (χ2n) is 4.31. The molecule has 0 radical (unpaired) electrons. The molecule has 0 saturated carbocycles. The van der Waals surface area contributed by atoms with Crippen LogP contribution in [0, 0.1) is 18.3 Å². The molecule has 0 unspecified atom stereocenters. The van der Waals surface area contributed by atoms with Gasteiger partial charge in [-0.05, 0) is 44.5 Å². The SMILES string of the molecule is Cc1cc(C#N)ccc1NC(C)(C)CO. The van der Waals surface area contributed by atoms with Gasteiger partial charge in [0.05, 0.1) is 23.8 Å². The largest absolute Gasteiger partial charge is 0.394 e. The van der Waals surface area contributed by atoms with Crippen LogP contribution in [0.4, 0.5) is 5.69 Å². The summed E-state index contributed by atoms with van der Waals surface area (Å²) in [6, 6.07) is 7.56. The molecule has 0 spiro atoms. The van der Waals surface area contributed by atoms with Crippen molar-refractivity contribution >= 4 is 5.69 Å². The lowest BCUT2D eigenvalue weighted by atomic mass is 10.0. The molecule has 0 aromatic heterocycles. The van der Waals surface area contributed by atoms with Crippen LogP contribution in [-0.2, 0) is 0 Å². The minimum absolute atomic E-state index is 0.0619. The van der Waals surface area contributed by atoms with E-state index in [2.05, 4.69) is 11.4 Å². The van der Waals surface area contributed by atoms with E-state index in [0.29, 0.717) is 5.56 Å². The molecule has 1 aromatic rings. The van der Waals surface area contributed by atoms with Crippen molar-refractivity contribution in [1.82, 2.24) is 0 Å². The van der Waals surface area contributed by atoms with Crippen LogP contribution in [-0.4, -0.2) is 17.3 Å². The van der Waals surface area contributed by atoms with E-state index >= 15 is 0 Å². The monoisotopic (exact) mass is 204 g/mol. The summed E-state index contributed by atoms with van der Waals surface area (Å²) in [5.74, 6) is 0. The molecule has 3 heteroatoms. The Kier molecular flexibility index (Phi) is 3.33. The van der Waals surface area contributed by atoms with Crippen molar-refractivity contribution in [1.29, 1.82) is 5.26 Å². The van der Waals surface area contributed by atoms with Gasteiger partial charge in [-0.2, -0.15) is 5.26 Å². The minimum Gasteiger partial charge on any atom is -0.394 e. The number of benzene rings is 1. The number of rotatable bonds is 3. The Morgan fingerprint density at radius 1 is 1.47 bits per heavy atom. The number of nitriles is 1. The molecule has 0 bridgehead atoms. The summed E-state index contributed by atoms with van der Waals surface area (Å²) in [5.41, 5.74) is 2.27. The second kappa shape index (κ2) is 4.33. The van der Waals surface area contributed by atoms with E-state index in [9.17, 15) is 0 Å². The summed E-state index contributed by atoms with van der Waals surface area (Å²) in [4.78, 5) is 0. The van der Waals surface area contributed by atoms with Crippen LogP contribution < -0.4 is 5.32 Å². The first-order chi connectivity index (χ1) is 6.98. The van der Waals surface area contributed by atoms with Crippen LogP contribution in [0.2, 0.25) is 0 Å². The third kappa shape index (κ3) is 2.97. The molecule has 15 heavy (non-hydrogen) atoms. The number of nitrogens with zero attached hydrogens (tertiary/aromatic N) is 1. The Labute approximate surface area is 90.4 Å². The van der Waals surface area contributed by atoms with Crippen molar-refractivity contribution < 1.29 is 5.11 Å². The molecule has 1 rings (SSSR count). The molecular weight excluding hydrogens is 188 g/mol. The molecule has 3 nitrogen and oxygen atoms in total. The van der Waals surface area contributed by atoms with Crippen molar-refractivity contribution in [3.8, 4) is 6.07 Å². The van der Waals surface area contributed by atoms with Gasteiger partial charge in [-0.1, -0.05) is 0 Å². The molecule has 0 heterocycles. The highest BCUT2D eigenvalue weighted by Gasteiger charge is 2.16. The molecule has 0 aliphatic heterocycles. The molecule has 0 aliphatic carbocycles. The summed E-state index contributed by atoms with van der Waals surface area (Å²) in [6.45, 7) is 5.85. The fraction of sp³-hybridized carbons (Fsp3) is 0.417. The van der Waals surface area contributed by atoms with Crippen LogP contribution in [0.15, 0.2) is 18.2 Å². The highest BCUT2D eigenvalue weighted by molar-refractivity contribution is 5.55. The Bertz CT molecular complexity index is 391. The third-order valence-electron chi connectivity index (χ3n) is 2.22. The summed E-state index contributed by atoms with van der Waals surface area (Å²) < 4.78 is 0. The highest BCUT2D eigenvalue weighted by Crippen LogP contribution is 2.20. The van der Waals surface area contributed by atoms with Gasteiger partial charge < -0.3 is 10.4 Å². The lowest BCUT2D eigenvalue weighted by molar-refractivity contribution is 0.234. The lowest BCUT2D eigenvalue weighted by Gasteiger charge is -2.26. The summed E-state index contributed by atoms with van der Waals surface area (Å²) in [6.07, 6.45) is 0. The number of aryl methyl sites for hydroxylation is 1. The van der Waals surface area contributed by atoms with Gasteiger partial charge in [0.15, 0.2) is 0 Å². The maximum atomic E-state index is 9.13. The topological polar surface area (TPSA) is 56.0 Å². The number of nitrogens with one attached hydrogen (secondary N) is 1. The number of hydrogen-bond donors (Lipinski definition) is 2. The first kappa shape index (κ1) is 11.5. The zero-order chi connectivity index (χ0) is 11.5. The Balaban J connectivity index is 2.93. The van der Waals surface area contributed by atoms with Gasteiger partial charge in [-0.25, -0.2) is 0 Å². The van der Waals surface area contributed by atoms with Crippen molar-refractivity contribution in [3.63, 3.8) is 0 Å². The zero-order valence-electron chi connectivity index (χ0n) is 9.33. The van der Waals surface area contributed by atoms with E-state index in [1.807, 2.05) is 32.9 Å². The summed E-state index contributed by atoms with van der Waals surface area (Å²) in [7, 11) is 0. The highest BCUT2D eigenvalue weighted by atomic mass is 16.3. The van der Waals surface area contributed by atoms with E-state index in [1.54, 1.807) is 6.07 Å². The van der Waals surface area contributed by atoms with Crippen molar-refractivity contribution in [2.75, 3.05) is 11.9 Å². The molecule has 80 valence electrons. The van der Waals surface area contributed by atoms with Gasteiger partial charge in [0.1, 0.15) is 0 Å². The van der Waals surface area contributed by atoms with Gasteiger partial charge in [0.25, 0.3) is 0 Å². The standard InChI is InChI=1S/C12H16N2O/c1-9-6-10(7-13)4-5-11(9)14-12(2,3)8-15/h4-6,14-15H,8H2,1-3H3. The van der Waals surface area contributed by atoms with E-state index < -0.39 is 0 Å². The van der Waals surface area contributed by atoms with Crippen molar-refractivity contribution in [2.24, 2.45) is 0 Å². The van der Waals surface area contributed by atoms with Crippen LogP contribution in [0.25, 0.3) is 0 Å². The van der Waals surface area contributed by atoms with Gasteiger partial charge in [-0.3, -0.25) is 0 Å². The molecule has 2 N–H and O–H groups in total. The molecule has 0 amide bonds. The average Bonchev–Trinajstić information content (AvgIpc) is 2.21. The Morgan fingerprint density at radius 2 is 2.13 bits per heavy atom. The number of aliphatic hydroxyl groups excluding tert-OH is 1. The molecule has 0 saturated heterocycles. The van der Waals surface area contributed by atoms with Crippen molar-refractivity contribution in [2.45, 2.75) is 26.3 Å². The van der Waals surface area contributed by atoms with Crippen molar-refractivity contribution in [3.05, 3.63) is 29.3 Å². The van der Waals surface area contributed by atoms with Crippen LogP contribution >= 0.6 is 0 Å². The van der Waals surface area contributed by atoms with E-state index in [4.69, 9.17) is 10.4 Å². The maximum absolute atomic E-state index is 9.13. The van der Waals surface area contributed by atoms with Crippen LogP contribution in [0.5, 0.6) is 0 Å². The van der Waals surface area contributed by atoms with Crippen LogP contribution in [0.1, 0.15) is 25.0 Å². The van der Waals surface area contributed by atoms with Gasteiger partial charge in [0.2, 0.25) is 0 Å². The van der Waals surface area contributed by atoms with Gasteiger partial charge in [-0.15, -0.1) is 0 Å². The fourth-order valence-electron chi connectivity index (χ4n) is 1.28. The maximum Gasteiger partial charge on any atom is 0.0991 e. The van der Waals surface area contributed by atoms with Gasteiger partial charge >= 0.3 is 0 Å². The molecule has 1 aromatic carbocycles. The zero-order valence-corrected chi connectivity index (χ0v) is 9.33. The molecule has 0 aliphatic rings. The first-order valence-corrected chi connectivity index (χ1v) is 4.88. The molecule has 0 fully saturated rings. The van der Waals surface area contributed by atoms with Gasteiger partial charge in [0, 0.05) is 5.69 Å². The average molecular weight is 204 g/mol. The third-order valence-corrected chi connectivity index (χ3v) is 2.22. The second-order valence-corrected chi connectivity index (χ2v) is 4.31. The normalized spacial score (nSPS) is 10.9. The lowest BCUT2D eigenvalue weighted by Crippen LogP contribution is -2.35.